The van der Waals surface area contributed by atoms with Gasteiger partial charge in [-0.05, 0) is 18.6 Å². The lowest BCUT2D eigenvalue weighted by Crippen LogP contribution is -2.62. The number of halogens is 3. The second-order valence-corrected chi connectivity index (χ2v) is 5.73. The fourth-order valence-electron chi connectivity index (χ4n) is 2.91. The van der Waals surface area contributed by atoms with Crippen LogP contribution in [-0.2, 0) is 15.7 Å². The molecule has 0 amide bonds. The molecule has 2 fully saturated rings. The molecule has 1 aromatic heterocycles. The lowest BCUT2D eigenvalue weighted by Gasteiger charge is -2.42. The maximum Gasteiger partial charge on any atom is 0.433 e. The Balaban J connectivity index is 1.81. The van der Waals surface area contributed by atoms with E-state index in [-0.39, 0.29) is 12.4 Å². The Bertz CT molecular complexity index is 585. The SMILES string of the molecule is CC[C@@]12CO[C@@H](O1)[C@H](Nc1cccc(C(F)(F)F)n1)[C@@H](O)[C@H]2O. The van der Waals surface area contributed by atoms with Crippen LogP contribution in [0.4, 0.5) is 19.0 Å². The zero-order valence-electron chi connectivity index (χ0n) is 12.2. The van der Waals surface area contributed by atoms with Crippen LogP contribution < -0.4 is 5.32 Å². The summed E-state index contributed by atoms with van der Waals surface area (Å²) in [5.41, 5.74) is -2.03. The minimum Gasteiger partial charge on any atom is -0.388 e. The molecule has 23 heavy (non-hydrogen) atoms. The predicted octanol–water partition coefficient (Wildman–Crippen LogP) is 1.14. The highest BCUT2D eigenvalue weighted by Crippen LogP contribution is 2.40. The number of pyridine rings is 1. The third-order valence-electron chi connectivity index (χ3n) is 4.32. The summed E-state index contributed by atoms with van der Waals surface area (Å²) in [6.07, 6.45) is -7.47. The number of hydrogen-bond acceptors (Lipinski definition) is 6. The molecular formula is C14H17F3N2O4. The number of ether oxygens (including phenoxy) is 2. The highest BCUT2D eigenvalue weighted by atomic mass is 19.4. The number of anilines is 1. The predicted molar refractivity (Wildman–Crippen MR) is 72.5 cm³/mol. The molecule has 0 spiro atoms. The molecule has 5 atom stereocenters. The van der Waals surface area contributed by atoms with Crippen molar-refractivity contribution in [3.63, 3.8) is 0 Å². The molecule has 1 aromatic rings. The molecule has 128 valence electrons. The fraction of sp³-hybridized carbons (Fsp3) is 0.643. The van der Waals surface area contributed by atoms with Crippen LogP contribution in [0.5, 0.6) is 0 Å². The van der Waals surface area contributed by atoms with Crippen molar-refractivity contribution in [3.8, 4) is 0 Å². The molecule has 6 nitrogen and oxygen atoms in total. The van der Waals surface area contributed by atoms with Gasteiger partial charge in [0.1, 0.15) is 35.4 Å². The largest absolute Gasteiger partial charge is 0.433 e. The van der Waals surface area contributed by atoms with E-state index in [1.807, 2.05) is 0 Å². The third kappa shape index (κ3) is 2.78. The molecule has 2 aliphatic rings. The van der Waals surface area contributed by atoms with Crippen LogP contribution in [0.2, 0.25) is 0 Å². The Morgan fingerprint density at radius 1 is 1.39 bits per heavy atom. The van der Waals surface area contributed by atoms with Crippen molar-refractivity contribution in [2.75, 3.05) is 11.9 Å². The molecule has 2 saturated heterocycles. The standard InChI is InChI=1S/C14H17F3N2O4/c1-2-13-6-22-12(23-13)9(10(20)11(13)21)19-8-5-3-4-7(18-8)14(15,16)17/h3-5,9-12,20-21H,2,6H2,1H3,(H,18,19)/t9-,10-,11-,12+,13+/m1/s1. The van der Waals surface area contributed by atoms with Gasteiger partial charge in [-0.15, -0.1) is 0 Å². The van der Waals surface area contributed by atoms with Gasteiger partial charge >= 0.3 is 6.18 Å². The first kappa shape index (κ1) is 16.4. The summed E-state index contributed by atoms with van der Waals surface area (Å²) in [6, 6.07) is 2.46. The van der Waals surface area contributed by atoms with Crippen molar-refractivity contribution in [3.05, 3.63) is 23.9 Å². The molecule has 0 unspecified atom stereocenters. The summed E-state index contributed by atoms with van der Waals surface area (Å²) in [7, 11) is 0. The number of aliphatic hydroxyl groups excluding tert-OH is 2. The summed E-state index contributed by atoms with van der Waals surface area (Å²) >= 11 is 0. The van der Waals surface area contributed by atoms with Crippen LogP contribution in [0.15, 0.2) is 18.2 Å². The van der Waals surface area contributed by atoms with E-state index in [0.717, 1.165) is 6.07 Å². The van der Waals surface area contributed by atoms with Gasteiger partial charge in [-0.25, -0.2) is 4.98 Å². The zero-order chi connectivity index (χ0) is 16.8. The Labute approximate surface area is 130 Å². The van der Waals surface area contributed by atoms with Gasteiger partial charge in [0, 0.05) is 0 Å². The molecule has 0 saturated carbocycles. The minimum absolute atomic E-state index is 0.0841. The van der Waals surface area contributed by atoms with Crippen molar-refractivity contribution in [2.45, 2.75) is 49.7 Å². The van der Waals surface area contributed by atoms with Gasteiger partial charge in [-0.1, -0.05) is 13.0 Å². The highest BCUT2D eigenvalue weighted by Gasteiger charge is 2.58. The zero-order valence-corrected chi connectivity index (χ0v) is 12.2. The van der Waals surface area contributed by atoms with E-state index in [1.54, 1.807) is 6.92 Å². The molecule has 3 rings (SSSR count). The second kappa shape index (κ2) is 5.59. The number of nitrogens with zero attached hydrogens (tertiary/aromatic N) is 1. The first-order chi connectivity index (χ1) is 10.8. The average Bonchev–Trinajstić information content (AvgIpc) is 2.92. The van der Waals surface area contributed by atoms with Gasteiger partial charge in [0.05, 0.1) is 6.61 Å². The van der Waals surface area contributed by atoms with E-state index in [1.165, 1.54) is 12.1 Å². The van der Waals surface area contributed by atoms with E-state index in [2.05, 4.69) is 10.3 Å². The van der Waals surface area contributed by atoms with Gasteiger partial charge in [-0.2, -0.15) is 13.2 Å². The molecule has 0 radical (unpaired) electrons. The fourth-order valence-corrected chi connectivity index (χ4v) is 2.91. The first-order valence-corrected chi connectivity index (χ1v) is 7.23. The van der Waals surface area contributed by atoms with Gasteiger partial charge in [-0.3, -0.25) is 0 Å². The van der Waals surface area contributed by atoms with Crippen molar-refractivity contribution < 1.29 is 32.9 Å². The van der Waals surface area contributed by atoms with E-state index in [4.69, 9.17) is 9.47 Å². The number of fused-ring (bicyclic) bond motifs is 2. The number of rotatable bonds is 3. The van der Waals surface area contributed by atoms with Crippen LogP contribution in [-0.4, -0.2) is 51.9 Å². The smallest absolute Gasteiger partial charge is 0.388 e. The number of hydrogen-bond donors (Lipinski definition) is 3. The van der Waals surface area contributed by atoms with Crippen molar-refractivity contribution in [1.82, 2.24) is 4.98 Å². The lowest BCUT2D eigenvalue weighted by atomic mass is 9.86. The normalized spacial score (nSPS) is 37.0. The maximum absolute atomic E-state index is 12.7. The summed E-state index contributed by atoms with van der Waals surface area (Å²) in [6.45, 7) is 1.91. The maximum atomic E-state index is 12.7. The van der Waals surface area contributed by atoms with Crippen LogP contribution in [0, 0.1) is 0 Å². The molecule has 0 aliphatic carbocycles. The summed E-state index contributed by atoms with van der Waals surface area (Å²) in [5, 5.41) is 23.2. The lowest BCUT2D eigenvalue weighted by molar-refractivity contribution is -0.215. The first-order valence-electron chi connectivity index (χ1n) is 7.23. The van der Waals surface area contributed by atoms with Crippen LogP contribution in [0.1, 0.15) is 19.0 Å². The highest BCUT2D eigenvalue weighted by molar-refractivity contribution is 5.38. The van der Waals surface area contributed by atoms with Gasteiger partial charge in [0.2, 0.25) is 0 Å². The molecular weight excluding hydrogens is 317 g/mol. The van der Waals surface area contributed by atoms with Gasteiger partial charge < -0.3 is 25.0 Å². The average molecular weight is 334 g/mol. The number of aliphatic hydroxyl groups is 2. The van der Waals surface area contributed by atoms with E-state index < -0.39 is 42.0 Å². The Hall–Kier alpha value is -1.42. The minimum atomic E-state index is -4.57. The molecule has 0 aromatic carbocycles. The Morgan fingerprint density at radius 2 is 2.13 bits per heavy atom. The monoisotopic (exact) mass is 334 g/mol. The molecule has 9 heteroatoms. The number of aromatic nitrogens is 1. The molecule has 3 heterocycles. The third-order valence-corrected chi connectivity index (χ3v) is 4.32. The van der Waals surface area contributed by atoms with E-state index >= 15 is 0 Å². The summed E-state index contributed by atoms with van der Waals surface area (Å²) in [5.74, 6) is -0.0841. The van der Waals surface area contributed by atoms with E-state index in [9.17, 15) is 23.4 Å². The van der Waals surface area contributed by atoms with Crippen molar-refractivity contribution >= 4 is 5.82 Å². The van der Waals surface area contributed by atoms with Crippen LogP contribution in [0.3, 0.4) is 0 Å². The van der Waals surface area contributed by atoms with E-state index in [0.29, 0.717) is 6.42 Å². The van der Waals surface area contributed by atoms with Crippen molar-refractivity contribution in [2.24, 2.45) is 0 Å². The van der Waals surface area contributed by atoms with Gasteiger partial charge in [0.25, 0.3) is 0 Å². The topological polar surface area (TPSA) is 83.8 Å². The van der Waals surface area contributed by atoms with Crippen LogP contribution in [0.25, 0.3) is 0 Å². The van der Waals surface area contributed by atoms with Crippen molar-refractivity contribution in [1.29, 1.82) is 0 Å². The number of nitrogens with one attached hydrogen (secondary N) is 1. The summed E-state index contributed by atoms with van der Waals surface area (Å²) in [4.78, 5) is 3.48. The molecule has 2 bridgehead atoms. The second-order valence-electron chi connectivity index (χ2n) is 5.73. The molecule has 3 N–H and O–H groups in total. The summed E-state index contributed by atoms with van der Waals surface area (Å²) < 4.78 is 49.2. The number of alkyl halides is 3. The quantitative estimate of drug-likeness (QED) is 0.769. The Kier molecular flexibility index (Phi) is 3.99. The Morgan fingerprint density at radius 3 is 2.78 bits per heavy atom. The van der Waals surface area contributed by atoms with Gasteiger partial charge in [0.15, 0.2) is 6.29 Å². The van der Waals surface area contributed by atoms with Crippen LogP contribution >= 0.6 is 0 Å². The molecule has 2 aliphatic heterocycles.